The van der Waals surface area contributed by atoms with Crippen molar-refractivity contribution in [3.8, 4) is 0 Å². The highest BCUT2D eigenvalue weighted by Crippen LogP contribution is 2.33. The van der Waals surface area contributed by atoms with E-state index in [0.29, 0.717) is 18.0 Å². The van der Waals surface area contributed by atoms with Gasteiger partial charge in [0.2, 0.25) is 5.91 Å². The minimum Gasteiger partial charge on any atom is -0.336 e. The molecular formula is C27H40N4O. The van der Waals surface area contributed by atoms with Crippen LogP contribution < -0.4 is 0 Å². The van der Waals surface area contributed by atoms with E-state index in [1.807, 2.05) is 0 Å². The van der Waals surface area contributed by atoms with E-state index >= 15 is 0 Å². The van der Waals surface area contributed by atoms with Crippen molar-refractivity contribution >= 4 is 16.9 Å². The van der Waals surface area contributed by atoms with Crippen LogP contribution in [-0.2, 0) is 18.4 Å². The van der Waals surface area contributed by atoms with E-state index in [1.54, 1.807) is 0 Å². The summed E-state index contributed by atoms with van der Waals surface area (Å²) < 4.78 is 2.22. The second-order valence-electron chi connectivity index (χ2n) is 10.5. The average Bonchev–Trinajstić information content (AvgIpc) is 3.16. The molecule has 5 rings (SSSR count). The summed E-state index contributed by atoms with van der Waals surface area (Å²) >= 11 is 0. The van der Waals surface area contributed by atoms with E-state index in [1.165, 1.54) is 69.7 Å². The van der Waals surface area contributed by atoms with Gasteiger partial charge < -0.3 is 9.47 Å². The van der Waals surface area contributed by atoms with Gasteiger partial charge in [-0.1, -0.05) is 50.7 Å². The second-order valence-corrected chi connectivity index (χ2v) is 10.5. The van der Waals surface area contributed by atoms with Crippen molar-refractivity contribution in [1.29, 1.82) is 0 Å². The van der Waals surface area contributed by atoms with Crippen LogP contribution in [0.4, 0.5) is 0 Å². The molecule has 2 aromatic rings. The van der Waals surface area contributed by atoms with Crippen molar-refractivity contribution in [2.75, 3.05) is 13.1 Å². The Hall–Kier alpha value is -1.88. The average molecular weight is 437 g/mol. The Labute approximate surface area is 193 Å². The summed E-state index contributed by atoms with van der Waals surface area (Å²) in [6.45, 7) is 2.79. The molecular weight excluding hydrogens is 396 g/mol. The monoisotopic (exact) mass is 436 g/mol. The number of hydrogen-bond acceptors (Lipinski definition) is 3. The normalized spacial score (nSPS) is 24.1. The summed E-state index contributed by atoms with van der Waals surface area (Å²) in [4.78, 5) is 23.8. The number of carbonyl (C=O) groups is 1. The van der Waals surface area contributed by atoms with Gasteiger partial charge in [0.25, 0.3) is 0 Å². The lowest BCUT2D eigenvalue weighted by atomic mass is 9.86. The summed E-state index contributed by atoms with van der Waals surface area (Å²) in [6, 6.07) is 9.35. The van der Waals surface area contributed by atoms with E-state index in [0.717, 1.165) is 43.8 Å². The highest BCUT2D eigenvalue weighted by Gasteiger charge is 2.37. The molecule has 2 saturated carbocycles. The standard InChI is InChI=1S/C27H40N4O/c1-29-25-17-9-8-16-24(25)28-26(29)20-30-18-10-11-21(19-30)27(32)31(22-12-4-2-5-13-22)23-14-6-3-7-15-23/h8-9,16-17,21-23H,2-7,10-15,18-20H2,1H3/t21-/m0/s1. The summed E-state index contributed by atoms with van der Waals surface area (Å²) in [5, 5.41) is 0. The smallest absolute Gasteiger partial charge is 0.227 e. The number of aromatic nitrogens is 2. The van der Waals surface area contributed by atoms with E-state index in [4.69, 9.17) is 4.98 Å². The van der Waals surface area contributed by atoms with Crippen molar-refractivity contribution < 1.29 is 4.79 Å². The zero-order valence-electron chi connectivity index (χ0n) is 19.8. The second kappa shape index (κ2) is 9.94. The Kier molecular flexibility index (Phi) is 6.82. The minimum absolute atomic E-state index is 0.155. The highest BCUT2D eigenvalue weighted by molar-refractivity contribution is 5.80. The number of imidazole rings is 1. The molecule has 0 radical (unpaired) electrons. The first-order chi connectivity index (χ1) is 15.7. The van der Waals surface area contributed by atoms with Crippen molar-refractivity contribution in [2.24, 2.45) is 13.0 Å². The fourth-order valence-corrected chi connectivity index (χ4v) is 6.52. The van der Waals surface area contributed by atoms with Crippen LogP contribution >= 0.6 is 0 Å². The number of aryl methyl sites for hydroxylation is 1. The molecule has 1 amide bonds. The number of hydrogen-bond donors (Lipinski definition) is 0. The van der Waals surface area contributed by atoms with Crippen LogP contribution in [0.15, 0.2) is 24.3 Å². The number of rotatable bonds is 5. The zero-order chi connectivity index (χ0) is 21.9. The number of carbonyl (C=O) groups excluding carboxylic acids is 1. The summed E-state index contributed by atoms with van der Waals surface area (Å²) in [6.07, 6.45) is 14.9. The molecule has 5 nitrogen and oxygen atoms in total. The van der Waals surface area contributed by atoms with Crippen molar-refractivity contribution in [3.63, 3.8) is 0 Å². The number of nitrogens with zero attached hydrogens (tertiary/aromatic N) is 4. The number of para-hydroxylation sites is 2. The van der Waals surface area contributed by atoms with E-state index in [-0.39, 0.29) is 5.92 Å². The third-order valence-electron chi connectivity index (χ3n) is 8.29. The first-order valence-corrected chi connectivity index (χ1v) is 13.2. The van der Waals surface area contributed by atoms with Crippen molar-refractivity contribution in [2.45, 2.75) is 95.7 Å². The van der Waals surface area contributed by atoms with Gasteiger partial charge in [-0.3, -0.25) is 9.69 Å². The molecule has 32 heavy (non-hydrogen) atoms. The van der Waals surface area contributed by atoms with Gasteiger partial charge in [-0.05, 0) is 57.2 Å². The minimum atomic E-state index is 0.155. The topological polar surface area (TPSA) is 41.4 Å². The van der Waals surface area contributed by atoms with Gasteiger partial charge in [0.1, 0.15) is 5.82 Å². The van der Waals surface area contributed by atoms with Gasteiger partial charge >= 0.3 is 0 Å². The van der Waals surface area contributed by atoms with Gasteiger partial charge in [0.05, 0.1) is 23.5 Å². The van der Waals surface area contributed by atoms with Gasteiger partial charge in [-0.25, -0.2) is 4.98 Å². The van der Waals surface area contributed by atoms with E-state index < -0.39 is 0 Å². The third-order valence-corrected chi connectivity index (χ3v) is 8.29. The first kappa shape index (κ1) is 21.9. The maximum Gasteiger partial charge on any atom is 0.227 e. The van der Waals surface area contributed by atoms with Gasteiger partial charge in [0.15, 0.2) is 0 Å². The molecule has 5 heteroatoms. The fourth-order valence-electron chi connectivity index (χ4n) is 6.52. The van der Waals surface area contributed by atoms with Gasteiger partial charge in [-0.2, -0.15) is 0 Å². The maximum atomic E-state index is 14.0. The van der Waals surface area contributed by atoms with Crippen molar-refractivity contribution in [3.05, 3.63) is 30.1 Å². The molecule has 1 saturated heterocycles. The maximum absolute atomic E-state index is 14.0. The number of amides is 1. The quantitative estimate of drug-likeness (QED) is 0.640. The van der Waals surface area contributed by atoms with Crippen LogP contribution in [0.2, 0.25) is 0 Å². The molecule has 0 unspecified atom stereocenters. The fraction of sp³-hybridized carbons (Fsp3) is 0.704. The number of benzene rings is 1. The largest absolute Gasteiger partial charge is 0.336 e. The summed E-state index contributed by atoms with van der Waals surface area (Å²) in [5.74, 6) is 1.73. The molecule has 1 aliphatic heterocycles. The van der Waals surface area contributed by atoms with Crippen LogP contribution in [0.3, 0.4) is 0 Å². The lowest BCUT2D eigenvalue weighted by Crippen LogP contribution is -2.53. The van der Waals surface area contributed by atoms with Crippen LogP contribution in [0, 0.1) is 5.92 Å². The van der Waals surface area contributed by atoms with Crippen LogP contribution in [0.5, 0.6) is 0 Å². The molecule has 1 atom stereocenters. The van der Waals surface area contributed by atoms with Crippen LogP contribution in [0.1, 0.15) is 82.9 Å². The molecule has 0 spiro atoms. The molecule has 1 aromatic heterocycles. The highest BCUT2D eigenvalue weighted by atomic mass is 16.2. The molecule has 174 valence electrons. The molecule has 2 heterocycles. The Morgan fingerprint density at radius 2 is 1.59 bits per heavy atom. The molecule has 0 bridgehead atoms. The van der Waals surface area contributed by atoms with E-state index in [2.05, 4.69) is 45.7 Å². The zero-order valence-corrected chi connectivity index (χ0v) is 19.8. The molecule has 1 aromatic carbocycles. The predicted molar refractivity (Wildman–Crippen MR) is 129 cm³/mol. The molecule has 3 aliphatic rings. The molecule has 2 aliphatic carbocycles. The van der Waals surface area contributed by atoms with E-state index in [9.17, 15) is 4.79 Å². The SMILES string of the molecule is Cn1c(CN2CCC[C@H](C(=O)N(C3CCCCC3)C3CCCCC3)C2)nc2ccccc21. The Bertz CT molecular complexity index is 892. The van der Waals surface area contributed by atoms with Gasteiger partial charge in [0, 0.05) is 25.7 Å². The first-order valence-electron chi connectivity index (χ1n) is 13.2. The molecule has 3 fully saturated rings. The number of fused-ring (bicyclic) bond motifs is 1. The number of likely N-dealkylation sites (tertiary alicyclic amines) is 1. The lowest BCUT2D eigenvalue weighted by molar-refractivity contribution is -0.144. The molecule has 0 N–H and O–H groups in total. The summed E-state index contributed by atoms with van der Waals surface area (Å²) in [5.41, 5.74) is 2.25. The Morgan fingerprint density at radius 1 is 0.938 bits per heavy atom. The van der Waals surface area contributed by atoms with Crippen molar-refractivity contribution in [1.82, 2.24) is 19.4 Å². The Morgan fingerprint density at radius 3 is 2.25 bits per heavy atom. The van der Waals surface area contributed by atoms with Crippen LogP contribution in [0.25, 0.3) is 11.0 Å². The lowest BCUT2D eigenvalue weighted by Gasteiger charge is -2.44. The number of piperidine rings is 1. The third kappa shape index (κ3) is 4.59. The summed E-state index contributed by atoms with van der Waals surface area (Å²) in [7, 11) is 2.12. The Balaban J connectivity index is 1.30. The predicted octanol–water partition coefficient (Wildman–Crippen LogP) is 5.28. The van der Waals surface area contributed by atoms with Crippen LogP contribution in [-0.4, -0.2) is 50.4 Å². The van der Waals surface area contributed by atoms with Gasteiger partial charge in [-0.15, -0.1) is 0 Å².